The van der Waals surface area contributed by atoms with Crippen LogP contribution in [0.2, 0.25) is 0 Å². The van der Waals surface area contributed by atoms with Gasteiger partial charge in [-0.25, -0.2) is 0 Å². The lowest BCUT2D eigenvalue weighted by Crippen LogP contribution is -2.39. The van der Waals surface area contributed by atoms with Gasteiger partial charge in [-0.05, 0) is 48.3 Å². The second-order valence-corrected chi connectivity index (χ2v) is 8.79. The molecule has 1 nitrogen and oxygen atoms in total. The minimum Gasteiger partial charge on any atom is -0.313 e. The fourth-order valence-electron chi connectivity index (χ4n) is 2.98. The average molecular weight is 268 g/mol. The zero-order chi connectivity index (χ0) is 14.7. The topological polar surface area (TPSA) is 12.0 Å². The van der Waals surface area contributed by atoms with Crippen LogP contribution >= 0.6 is 0 Å². The summed E-state index contributed by atoms with van der Waals surface area (Å²) < 4.78 is 0. The van der Waals surface area contributed by atoms with E-state index < -0.39 is 0 Å². The first-order valence-electron chi connectivity index (χ1n) is 8.36. The van der Waals surface area contributed by atoms with Crippen molar-refractivity contribution in [3.05, 3.63) is 0 Å². The first kappa shape index (κ1) is 17.0. The van der Waals surface area contributed by atoms with Crippen molar-refractivity contribution in [3.8, 4) is 0 Å². The molecule has 0 spiro atoms. The summed E-state index contributed by atoms with van der Waals surface area (Å²) in [6.07, 6.45) is 6.98. The molecule has 0 aromatic heterocycles. The first-order valence-corrected chi connectivity index (χ1v) is 8.36. The van der Waals surface area contributed by atoms with Crippen LogP contribution in [0, 0.1) is 22.7 Å². The molecule has 0 aliphatic heterocycles. The van der Waals surface area contributed by atoms with E-state index in [-0.39, 0.29) is 0 Å². The van der Waals surface area contributed by atoms with Gasteiger partial charge in [-0.15, -0.1) is 0 Å². The summed E-state index contributed by atoms with van der Waals surface area (Å²) in [5, 5.41) is 3.86. The molecule has 2 unspecified atom stereocenters. The van der Waals surface area contributed by atoms with Crippen LogP contribution in [-0.4, -0.2) is 12.6 Å². The van der Waals surface area contributed by atoms with Crippen molar-refractivity contribution in [2.45, 2.75) is 86.6 Å². The Bertz CT molecular complexity index is 259. The third kappa shape index (κ3) is 5.45. The highest BCUT2D eigenvalue weighted by molar-refractivity contribution is 4.83. The number of hydrogen-bond acceptors (Lipinski definition) is 1. The summed E-state index contributed by atoms with van der Waals surface area (Å²) in [5.41, 5.74) is 0.905. The SMILES string of the molecule is CC(C)C(C)(C)CNC1CCCC(C(C)(C)C)CC1. The molecule has 1 saturated carbocycles. The Kier molecular flexibility index (Phi) is 5.92. The maximum Gasteiger partial charge on any atom is 0.00674 e. The molecule has 0 amide bonds. The average Bonchev–Trinajstić information content (AvgIpc) is 2.50. The predicted molar refractivity (Wildman–Crippen MR) is 86.4 cm³/mol. The summed E-state index contributed by atoms with van der Waals surface area (Å²) in [7, 11) is 0. The minimum atomic E-state index is 0.412. The molecule has 1 N–H and O–H groups in total. The van der Waals surface area contributed by atoms with Crippen LogP contribution in [0.4, 0.5) is 0 Å². The van der Waals surface area contributed by atoms with Crippen molar-refractivity contribution in [1.29, 1.82) is 0 Å². The smallest absolute Gasteiger partial charge is 0.00674 e. The molecule has 0 bridgehead atoms. The van der Waals surface area contributed by atoms with Crippen LogP contribution < -0.4 is 5.32 Å². The van der Waals surface area contributed by atoms with E-state index in [4.69, 9.17) is 0 Å². The molecule has 1 fully saturated rings. The fraction of sp³-hybridized carbons (Fsp3) is 1.00. The van der Waals surface area contributed by atoms with Crippen LogP contribution in [0.1, 0.15) is 80.6 Å². The van der Waals surface area contributed by atoms with E-state index in [1.165, 1.54) is 32.1 Å². The lowest BCUT2D eigenvalue weighted by atomic mass is 9.76. The van der Waals surface area contributed by atoms with E-state index in [2.05, 4.69) is 53.8 Å². The fourth-order valence-corrected chi connectivity index (χ4v) is 2.98. The van der Waals surface area contributed by atoms with Gasteiger partial charge in [0.15, 0.2) is 0 Å². The first-order chi connectivity index (χ1) is 8.63. The maximum absolute atomic E-state index is 3.86. The maximum atomic E-state index is 3.86. The van der Waals surface area contributed by atoms with Gasteiger partial charge in [0.25, 0.3) is 0 Å². The van der Waals surface area contributed by atoms with Gasteiger partial charge in [0, 0.05) is 12.6 Å². The van der Waals surface area contributed by atoms with E-state index in [1.807, 2.05) is 0 Å². The second kappa shape index (κ2) is 6.61. The summed E-state index contributed by atoms with van der Waals surface area (Å²) in [5.74, 6) is 1.66. The molecule has 1 aliphatic carbocycles. The van der Waals surface area contributed by atoms with Crippen molar-refractivity contribution in [1.82, 2.24) is 5.32 Å². The Hall–Kier alpha value is -0.0400. The van der Waals surface area contributed by atoms with E-state index in [1.54, 1.807) is 0 Å². The molecule has 1 aliphatic rings. The molecule has 0 aromatic rings. The molecule has 1 heteroatoms. The Balaban J connectivity index is 2.42. The Morgan fingerprint density at radius 2 is 1.58 bits per heavy atom. The molecule has 114 valence electrons. The normalized spacial score (nSPS) is 26.5. The molecular formula is C18H37N. The van der Waals surface area contributed by atoms with Crippen molar-refractivity contribution in [3.63, 3.8) is 0 Å². The molecule has 0 heterocycles. The quantitative estimate of drug-likeness (QED) is 0.686. The Morgan fingerprint density at radius 1 is 0.947 bits per heavy atom. The van der Waals surface area contributed by atoms with Crippen LogP contribution in [0.5, 0.6) is 0 Å². The van der Waals surface area contributed by atoms with Crippen molar-refractivity contribution < 1.29 is 0 Å². The van der Waals surface area contributed by atoms with Gasteiger partial charge in [0.2, 0.25) is 0 Å². The second-order valence-electron chi connectivity index (χ2n) is 8.79. The summed E-state index contributed by atoms with van der Waals surface area (Å²) in [6, 6.07) is 0.755. The molecule has 1 rings (SSSR count). The number of rotatable bonds is 4. The number of nitrogens with one attached hydrogen (secondary N) is 1. The molecular weight excluding hydrogens is 230 g/mol. The molecule has 2 atom stereocenters. The Morgan fingerprint density at radius 3 is 2.11 bits per heavy atom. The highest BCUT2D eigenvalue weighted by Crippen LogP contribution is 2.37. The van der Waals surface area contributed by atoms with E-state index >= 15 is 0 Å². The molecule has 0 saturated heterocycles. The van der Waals surface area contributed by atoms with Crippen LogP contribution in [0.3, 0.4) is 0 Å². The highest BCUT2D eigenvalue weighted by Gasteiger charge is 2.29. The third-order valence-electron chi connectivity index (χ3n) is 5.60. The van der Waals surface area contributed by atoms with Gasteiger partial charge in [-0.2, -0.15) is 0 Å². The monoisotopic (exact) mass is 267 g/mol. The van der Waals surface area contributed by atoms with Crippen molar-refractivity contribution in [2.75, 3.05) is 6.54 Å². The lowest BCUT2D eigenvalue weighted by molar-refractivity contribution is 0.208. The van der Waals surface area contributed by atoms with Gasteiger partial charge in [-0.1, -0.05) is 54.9 Å². The largest absolute Gasteiger partial charge is 0.313 e. The highest BCUT2D eigenvalue weighted by atomic mass is 14.9. The van der Waals surface area contributed by atoms with Gasteiger partial charge in [-0.3, -0.25) is 0 Å². The van der Waals surface area contributed by atoms with Crippen molar-refractivity contribution in [2.24, 2.45) is 22.7 Å². The summed E-state index contributed by atoms with van der Waals surface area (Å²) in [6.45, 7) is 17.8. The summed E-state index contributed by atoms with van der Waals surface area (Å²) in [4.78, 5) is 0. The van der Waals surface area contributed by atoms with Gasteiger partial charge in [0.05, 0.1) is 0 Å². The molecule has 19 heavy (non-hydrogen) atoms. The van der Waals surface area contributed by atoms with Gasteiger partial charge < -0.3 is 5.32 Å². The predicted octanol–water partition coefficient (Wildman–Crippen LogP) is 5.25. The van der Waals surface area contributed by atoms with Crippen LogP contribution in [0.15, 0.2) is 0 Å². The zero-order valence-corrected chi connectivity index (χ0v) is 14.5. The van der Waals surface area contributed by atoms with E-state index in [0.29, 0.717) is 10.8 Å². The van der Waals surface area contributed by atoms with Gasteiger partial charge >= 0.3 is 0 Å². The van der Waals surface area contributed by atoms with E-state index in [9.17, 15) is 0 Å². The minimum absolute atomic E-state index is 0.412. The summed E-state index contributed by atoms with van der Waals surface area (Å²) >= 11 is 0. The van der Waals surface area contributed by atoms with Crippen LogP contribution in [-0.2, 0) is 0 Å². The zero-order valence-electron chi connectivity index (χ0n) is 14.5. The van der Waals surface area contributed by atoms with E-state index in [0.717, 1.165) is 24.4 Å². The molecule has 0 aromatic carbocycles. The standard InChI is InChI=1S/C18H37N/c1-14(2)18(6,7)13-19-16-10-8-9-15(11-12-16)17(3,4)5/h14-16,19H,8-13H2,1-7H3. The number of hydrogen-bond donors (Lipinski definition) is 1. The third-order valence-corrected chi connectivity index (χ3v) is 5.60. The van der Waals surface area contributed by atoms with Crippen LogP contribution in [0.25, 0.3) is 0 Å². The lowest BCUT2D eigenvalue weighted by Gasteiger charge is -2.32. The van der Waals surface area contributed by atoms with Crippen molar-refractivity contribution >= 4 is 0 Å². The Labute approximate surface area is 121 Å². The molecule has 0 radical (unpaired) electrons. The van der Waals surface area contributed by atoms with Gasteiger partial charge in [0.1, 0.15) is 0 Å².